The number of nitrogens with one attached hydrogen (secondary N) is 1. The van der Waals surface area contributed by atoms with Crippen molar-refractivity contribution in [3.8, 4) is 17.1 Å². The monoisotopic (exact) mass is 423 g/mol. The molecule has 0 aliphatic heterocycles. The van der Waals surface area contributed by atoms with Crippen molar-refractivity contribution in [2.45, 2.75) is 13.3 Å². The Morgan fingerprint density at radius 3 is 2.90 bits per heavy atom. The highest BCUT2D eigenvalue weighted by molar-refractivity contribution is 7.17. The van der Waals surface area contributed by atoms with Crippen LogP contribution in [0.15, 0.2) is 35.8 Å². The molecule has 0 radical (unpaired) electrons. The van der Waals surface area contributed by atoms with Gasteiger partial charge in [-0.15, -0.1) is 11.3 Å². The maximum Gasteiger partial charge on any atom is 0.227 e. The number of anilines is 4. The quantitative estimate of drug-likeness (QED) is 0.429. The molecule has 0 bridgehead atoms. The van der Waals surface area contributed by atoms with Crippen LogP contribution in [0, 0.1) is 0 Å². The van der Waals surface area contributed by atoms with E-state index in [-0.39, 0.29) is 0 Å². The Morgan fingerprint density at radius 2 is 2.13 bits per heavy atom. The second-order valence-corrected chi connectivity index (χ2v) is 7.95. The lowest BCUT2D eigenvalue weighted by Gasteiger charge is -2.22. The Balaban J connectivity index is 1.67. The highest BCUT2D eigenvalue weighted by atomic mass is 32.1. The SMILES string of the molecule is CCCN(C)c1cc(OC)c(Nc2nccc(-c3nn(C)c4ccsc34)n2)cc1N. The fraction of sp³-hybridized carbons (Fsp3) is 0.286. The molecule has 0 spiro atoms. The van der Waals surface area contributed by atoms with Crippen LogP contribution in [0.4, 0.5) is 23.0 Å². The first kappa shape index (κ1) is 20.0. The Morgan fingerprint density at radius 1 is 1.30 bits per heavy atom. The molecule has 0 aliphatic rings. The number of ether oxygens (including phenoxy) is 1. The molecule has 3 N–H and O–H groups in total. The van der Waals surface area contributed by atoms with Crippen molar-refractivity contribution < 1.29 is 4.74 Å². The average Bonchev–Trinajstić information content (AvgIpc) is 3.33. The van der Waals surface area contributed by atoms with Crippen LogP contribution in [0.5, 0.6) is 5.75 Å². The van der Waals surface area contributed by atoms with Gasteiger partial charge in [0, 0.05) is 32.9 Å². The third-order valence-corrected chi connectivity index (χ3v) is 5.83. The van der Waals surface area contributed by atoms with Crippen molar-refractivity contribution >= 4 is 44.6 Å². The van der Waals surface area contributed by atoms with Crippen molar-refractivity contribution in [1.29, 1.82) is 0 Å². The predicted octanol–water partition coefficient (Wildman–Crippen LogP) is 4.27. The fourth-order valence-electron chi connectivity index (χ4n) is 3.46. The summed E-state index contributed by atoms with van der Waals surface area (Å²) in [7, 11) is 5.59. The van der Waals surface area contributed by atoms with Crippen molar-refractivity contribution in [2.24, 2.45) is 7.05 Å². The van der Waals surface area contributed by atoms with E-state index in [2.05, 4.69) is 43.7 Å². The minimum absolute atomic E-state index is 0.454. The van der Waals surface area contributed by atoms with Gasteiger partial charge in [0.2, 0.25) is 5.95 Å². The summed E-state index contributed by atoms with van der Waals surface area (Å²) in [5.74, 6) is 1.13. The number of fused-ring (bicyclic) bond motifs is 1. The molecule has 3 heterocycles. The largest absolute Gasteiger partial charge is 0.494 e. The summed E-state index contributed by atoms with van der Waals surface area (Å²) in [6.07, 6.45) is 2.75. The van der Waals surface area contributed by atoms with E-state index in [4.69, 9.17) is 10.5 Å². The fourth-order valence-corrected chi connectivity index (χ4v) is 4.37. The maximum atomic E-state index is 6.31. The number of nitrogens with zero attached hydrogens (tertiary/aromatic N) is 5. The molecular weight excluding hydrogens is 398 g/mol. The normalized spacial score (nSPS) is 11.1. The van der Waals surface area contributed by atoms with E-state index in [0.29, 0.717) is 23.1 Å². The first-order valence-electron chi connectivity index (χ1n) is 9.71. The molecule has 0 aliphatic carbocycles. The van der Waals surface area contributed by atoms with Crippen LogP contribution < -0.4 is 20.7 Å². The zero-order valence-corrected chi connectivity index (χ0v) is 18.3. The van der Waals surface area contributed by atoms with Gasteiger partial charge in [0.05, 0.1) is 40.1 Å². The van der Waals surface area contributed by atoms with E-state index in [9.17, 15) is 0 Å². The number of nitrogens with two attached hydrogens (primary N) is 1. The van der Waals surface area contributed by atoms with Crippen molar-refractivity contribution in [2.75, 3.05) is 36.7 Å². The molecule has 0 amide bonds. The number of thiophene rings is 1. The van der Waals surface area contributed by atoms with E-state index in [1.165, 1.54) is 0 Å². The lowest BCUT2D eigenvalue weighted by Crippen LogP contribution is -2.19. The third kappa shape index (κ3) is 3.63. The number of hydrogen-bond acceptors (Lipinski definition) is 8. The maximum absolute atomic E-state index is 6.31. The van der Waals surface area contributed by atoms with Crippen molar-refractivity contribution in [1.82, 2.24) is 19.7 Å². The first-order chi connectivity index (χ1) is 14.5. The summed E-state index contributed by atoms with van der Waals surface area (Å²) in [5.41, 5.74) is 11.3. The van der Waals surface area contributed by atoms with Crippen LogP contribution in [0.3, 0.4) is 0 Å². The number of nitrogen functional groups attached to an aromatic ring is 1. The van der Waals surface area contributed by atoms with Gasteiger partial charge in [0.15, 0.2) is 0 Å². The Kier molecular flexibility index (Phi) is 5.45. The smallest absolute Gasteiger partial charge is 0.227 e. The number of aryl methyl sites for hydroxylation is 1. The molecule has 1 aromatic carbocycles. The second-order valence-electron chi connectivity index (χ2n) is 7.03. The van der Waals surface area contributed by atoms with Crippen LogP contribution >= 0.6 is 11.3 Å². The van der Waals surface area contributed by atoms with Crippen LogP contribution in [-0.4, -0.2) is 40.5 Å². The standard InChI is InChI=1S/C21H25N7OS/c1-5-9-27(2)17-12-18(29-4)15(11-13(17)22)25-21-23-8-6-14(24-21)19-20-16(7-10-30-20)28(3)26-19/h6-8,10-12H,5,9,22H2,1-4H3,(H,23,24,25). The summed E-state index contributed by atoms with van der Waals surface area (Å²) in [4.78, 5) is 11.2. The lowest BCUT2D eigenvalue weighted by atomic mass is 10.2. The highest BCUT2D eigenvalue weighted by Gasteiger charge is 2.16. The number of rotatable bonds is 7. The molecule has 0 unspecified atom stereocenters. The van der Waals surface area contributed by atoms with Crippen LogP contribution in [-0.2, 0) is 7.05 Å². The van der Waals surface area contributed by atoms with Gasteiger partial charge in [-0.1, -0.05) is 6.92 Å². The van der Waals surface area contributed by atoms with E-state index in [1.807, 2.05) is 37.0 Å². The molecule has 0 atom stereocenters. The van der Waals surface area contributed by atoms with E-state index >= 15 is 0 Å². The topological polar surface area (TPSA) is 94.1 Å². The van der Waals surface area contributed by atoms with Gasteiger partial charge in [0.25, 0.3) is 0 Å². The third-order valence-electron chi connectivity index (χ3n) is 4.92. The number of methoxy groups -OCH3 is 1. The molecule has 3 aromatic heterocycles. The Labute approximate surface area is 179 Å². The number of hydrogen-bond donors (Lipinski definition) is 2. The molecule has 0 saturated heterocycles. The Hall–Kier alpha value is -3.33. The summed E-state index contributed by atoms with van der Waals surface area (Å²) in [5, 5.41) is 9.92. The Bertz CT molecular complexity index is 1180. The molecule has 8 nitrogen and oxygen atoms in total. The zero-order chi connectivity index (χ0) is 21.3. The summed E-state index contributed by atoms with van der Waals surface area (Å²) < 4.78 is 8.56. The molecule has 0 saturated carbocycles. The van der Waals surface area contributed by atoms with Crippen LogP contribution in [0.1, 0.15) is 13.3 Å². The molecule has 9 heteroatoms. The zero-order valence-electron chi connectivity index (χ0n) is 17.5. The van der Waals surface area contributed by atoms with Crippen molar-refractivity contribution in [3.05, 3.63) is 35.8 Å². The molecule has 4 aromatic rings. The number of benzene rings is 1. The molecule has 0 fully saturated rings. The summed E-state index contributed by atoms with van der Waals surface area (Å²) >= 11 is 1.65. The van der Waals surface area contributed by atoms with Gasteiger partial charge in [-0.25, -0.2) is 9.97 Å². The molecule has 156 valence electrons. The van der Waals surface area contributed by atoms with Gasteiger partial charge in [-0.2, -0.15) is 5.10 Å². The average molecular weight is 424 g/mol. The van der Waals surface area contributed by atoms with E-state index in [0.717, 1.165) is 40.3 Å². The van der Waals surface area contributed by atoms with Crippen molar-refractivity contribution in [3.63, 3.8) is 0 Å². The van der Waals surface area contributed by atoms with Gasteiger partial charge in [-0.05, 0) is 30.0 Å². The predicted molar refractivity (Wildman–Crippen MR) is 124 cm³/mol. The first-order valence-corrected chi connectivity index (χ1v) is 10.6. The van der Waals surface area contributed by atoms with Crippen LogP contribution in [0.2, 0.25) is 0 Å². The lowest BCUT2D eigenvalue weighted by molar-refractivity contribution is 0.417. The van der Waals surface area contributed by atoms with Gasteiger partial charge in [-0.3, -0.25) is 4.68 Å². The molecule has 30 heavy (non-hydrogen) atoms. The second kappa shape index (κ2) is 8.19. The number of aromatic nitrogens is 4. The van der Waals surface area contributed by atoms with Gasteiger partial charge in [0.1, 0.15) is 11.4 Å². The van der Waals surface area contributed by atoms with Crippen LogP contribution in [0.25, 0.3) is 21.6 Å². The molecular formula is C21H25N7OS. The minimum atomic E-state index is 0.454. The van der Waals surface area contributed by atoms with E-state index in [1.54, 1.807) is 24.6 Å². The summed E-state index contributed by atoms with van der Waals surface area (Å²) in [6.45, 7) is 3.04. The van der Waals surface area contributed by atoms with Gasteiger partial charge < -0.3 is 20.7 Å². The van der Waals surface area contributed by atoms with E-state index < -0.39 is 0 Å². The molecule has 4 rings (SSSR count). The highest BCUT2D eigenvalue weighted by Crippen LogP contribution is 2.36. The minimum Gasteiger partial charge on any atom is -0.494 e. The summed E-state index contributed by atoms with van der Waals surface area (Å²) in [6, 6.07) is 7.71. The van der Waals surface area contributed by atoms with Gasteiger partial charge >= 0.3 is 0 Å².